The molecule has 0 radical (unpaired) electrons. The van der Waals surface area contributed by atoms with Gasteiger partial charge < -0.3 is 10.6 Å². The van der Waals surface area contributed by atoms with Crippen molar-refractivity contribution in [2.45, 2.75) is 13.3 Å². The van der Waals surface area contributed by atoms with Gasteiger partial charge in [0.15, 0.2) is 5.82 Å². The number of carbonyl (C=O) groups is 1. The smallest absolute Gasteiger partial charge is 0.247 e. The number of aromatic nitrogens is 3. The zero-order valence-electron chi connectivity index (χ0n) is 17.2. The fraction of sp³-hybridized carbons (Fsp3) is 0.0800. The number of amides is 1. The summed E-state index contributed by atoms with van der Waals surface area (Å²) in [7, 11) is 0. The van der Waals surface area contributed by atoms with Crippen molar-refractivity contribution in [3.8, 4) is 11.3 Å². The molecule has 3 N–H and O–H groups in total. The van der Waals surface area contributed by atoms with E-state index in [9.17, 15) is 4.79 Å². The van der Waals surface area contributed by atoms with Gasteiger partial charge >= 0.3 is 0 Å². The molecule has 0 saturated heterocycles. The fourth-order valence-electron chi connectivity index (χ4n) is 3.26. The van der Waals surface area contributed by atoms with Crippen LogP contribution in [0.25, 0.3) is 11.3 Å². The van der Waals surface area contributed by atoms with Crippen LogP contribution in [0.4, 0.5) is 17.3 Å². The van der Waals surface area contributed by atoms with Gasteiger partial charge in [0.2, 0.25) is 5.91 Å². The average molecular weight is 409 g/mol. The molecule has 0 fully saturated rings. The highest BCUT2D eigenvalue weighted by Gasteiger charge is 2.09. The van der Waals surface area contributed by atoms with Gasteiger partial charge in [0.25, 0.3) is 0 Å². The Balaban J connectivity index is 1.66. The summed E-state index contributed by atoms with van der Waals surface area (Å²) in [6.07, 6.45) is 2.04. The Morgan fingerprint density at radius 2 is 1.77 bits per heavy atom. The van der Waals surface area contributed by atoms with Crippen molar-refractivity contribution in [3.63, 3.8) is 0 Å². The Morgan fingerprint density at radius 1 is 1.00 bits per heavy atom. The molecule has 4 rings (SSSR count). The number of rotatable bonds is 7. The Morgan fingerprint density at radius 3 is 2.45 bits per heavy atom. The van der Waals surface area contributed by atoms with Crippen LogP contribution < -0.4 is 10.6 Å². The third-order valence-electron chi connectivity index (χ3n) is 4.73. The number of aromatic amines is 1. The van der Waals surface area contributed by atoms with Crippen molar-refractivity contribution in [1.29, 1.82) is 0 Å². The molecule has 4 aromatic rings. The number of hydrogen-bond acceptors (Lipinski definition) is 4. The van der Waals surface area contributed by atoms with Gasteiger partial charge in [0.1, 0.15) is 5.82 Å². The van der Waals surface area contributed by atoms with Gasteiger partial charge in [-0.05, 0) is 54.8 Å². The van der Waals surface area contributed by atoms with Crippen LogP contribution in [0.2, 0.25) is 0 Å². The van der Waals surface area contributed by atoms with Gasteiger partial charge in [-0.15, -0.1) is 0 Å². The van der Waals surface area contributed by atoms with Gasteiger partial charge in [0.05, 0.1) is 5.69 Å². The van der Waals surface area contributed by atoms with E-state index < -0.39 is 0 Å². The first kappa shape index (κ1) is 20.1. The Kier molecular flexibility index (Phi) is 5.89. The van der Waals surface area contributed by atoms with E-state index >= 15 is 0 Å². The van der Waals surface area contributed by atoms with Crippen LogP contribution in [0.5, 0.6) is 0 Å². The second-order valence-corrected chi connectivity index (χ2v) is 7.24. The molecule has 0 unspecified atom stereocenters. The van der Waals surface area contributed by atoms with Crippen molar-refractivity contribution in [1.82, 2.24) is 15.2 Å². The van der Waals surface area contributed by atoms with E-state index in [4.69, 9.17) is 4.98 Å². The number of H-pyrrole nitrogens is 1. The molecule has 0 atom stereocenters. The van der Waals surface area contributed by atoms with Crippen LogP contribution in [0, 0.1) is 6.92 Å². The molecule has 6 nitrogen and oxygen atoms in total. The van der Waals surface area contributed by atoms with Crippen LogP contribution in [-0.2, 0) is 11.2 Å². The lowest BCUT2D eigenvalue weighted by Gasteiger charge is -2.11. The number of carbonyl (C=O) groups excluding carboxylic acids is 1. The lowest BCUT2D eigenvalue weighted by molar-refractivity contribution is -0.111. The third kappa shape index (κ3) is 5.25. The zero-order valence-corrected chi connectivity index (χ0v) is 17.2. The maximum Gasteiger partial charge on any atom is 0.247 e. The van der Waals surface area contributed by atoms with Gasteiger partial charge in [-0.2, -0.15) is 5.10 Å². The van der Waals surface area contributed by atoms with Crippen molar-refractivity contribution in [3.05, 3.63) is 102 Å². The van der Waals surface area contributed by atoms with E-state index in [2.05, 4.69) is 45.6 Å². The first-order chi connectivity index (χ1) is 15.1. The van der Waals surface area contributed by atoms with E-state index in [-0.39, 0.29) is 5.91 Å². The van der Waals surface area contributed by atoms with Crippen molar-refractivity contribution >= 4 is 23.2 Å². The summed E-state index contributed by atoms with van der Waals surface area (Å²) < 4.78 is 0. The minimum atomic E-state index is -0.239. The predicted molar refractivity (Wildman–Crippen MR) is 124 cm³/mol. The summed E-state index contributed by atoms with van der Waals surface area (Å²) in [5.41, 5.74) is 5.83. The number of benzene rings is 2. The largest absolute Gasteiger partial charge is 0.323 e. The predicted octanol–water partition coefficient (Wildman–Crippen LogP) is 5.24. The van der Waals surface area contributed by atoms with Crippen LogP contribution >= 0.6 is 0 Å². The minimum absolute atomic E-state index is 0.239. The number of aryl methyl sites for hydroxylation is 1. The van der Waals surface area contributed by atoms with Crippen molar-refractivity contribution < 1.29 is 4.79 Å². The van der Waals surface area contributed by atoms with Gasteiger partial charge in [0, 0.05) is 23.0 Å². The quantitative estimate of drug-likeness (QED) is 0.365. The summed E-state index contributed by atoms with van der Waals surface area (Å²) in [6, 6.07) is 24.0. The first-order valence-corrected chi connectivity index (χ1v) is 9.97. The highest BCUT2D eigenvalue weighted by Crippen LogP contribution is 2.26. The van der Waals surface area contributed by atoms with E-state index in [0.717, 1.165) is 40.6 Å². The molecule has 0 bridgehead atoms. The van der Waals surface area contributed by atoms with Gasteiger partial charge in [-0.25, -0.2) is 4.98 Å². The highest BCUT2D eigenvalue weighted by atomic mass is 16.1. The average Bonchev–Trinajstić information content (AvgIpc) is 3.19. The highest BCUT2D eigenvalue weighted by molar-refractivity contribution is 5.98. The summed E-state index contributed by atoms with van der Waals surface area (Å²) >= 11 is 0. The van der Waals surface area contributed by atoms with E-state index in [0.29, 0.717) is 5.69 Å². The van der Waals surface area contributed by atoms with Crippen molar-refractivity contribution in [2.24, 2.45) is 0 Å². The van der Waals surface area contributed by atoms with Gasteiger partial charge in [-0.1, -0.05) is 49.0 Å². The molecule has 0 saturated carbocycles. The molecule has 0 aliphatic heterocycles. The lowest BCUT2D eigenvalue weighted by Crippen LogP contribution is -2.06. The number of nitrogens with one attached hydrogen (secondary N) is 3. The number of hydrogen-bond donors (Lipinski definition) is 3. The second-order valence-electron chi connectivity index (χ2n) is 7.24. The van der Waals surface area contributed by atoms with E-state index in [1.807, 2.05) is 61.5 Å². The molecular formula is C25H23N5O. The molecule has 6 heteroatoms. The van der Waals surface area contributed by atoms with E-state index in [1.54, 1.807) is 0 Å². The van der Waals surface area contributed by atoms with Crippen LogP contribution in [0.1, 0.15) is 16.8 Å². The molecule has 31 heavy (non-hydrogen) atoms. The molecule has 2 aromatic heterocycles. The first-order valence-electron chi connectivity index (χ1n) is 9.97. The van der Waals surface area contributed by atoms with Crippen molar-refractivity contribution in [2.75, 3.05) is 10.6 Å². The molecular weight excluding hydrogens is 386 g/mol. The normalized spacial score (nSPS) is 10.5. The third-order valence-corrected chi connectivity index (χ3v) is 4.73. The Bertz CT molecular complexity index is 1200. The summed E-state index contributed by atoms with van der Waals surface area (Å²) in [5, 5.41) is 13.2. The second kappa shape index (κ2) is 9.09. The molecule has 1 amide bonds. The van der Waals surface area contributed by atoms with E-state index in [1.165, 1.54) is 11.6 Å². The number of pyridine rings is 1. The molecule has 0 aliphatic rings. The maximum atomic E-state index is 11.5. The maximum absolute atomic E-state index is 11.5. The number of nitrogens with zero attached hydrogens (tertiary/aromatic N) is 2. The zero-order chi connectivity index (χ0) is 21.6. The molecule has 154 valence electrons. The summed E-state index contributed by atoms with van der Waals surface area (Å²) in [4.78, 5) is 16.3. The Hall–Kier alpha value is -4.19. The number of anilines is 3. The molecule has 0 spiro atoms. The SMILES string of the molecule is C=CC(=O)Nc1ccc(-c2cc(Cc3ccccc3)cc(Nc3cc(C)[nH]n3)n2)cc1. The Labute approximate surface area is 181 Å². The topological polar surface area (TPSA) is 82.7 Å². The minimum Gasteiger partial charge on any atom is -0.323 e. The molecule has 2 heterocycles. The fourth-order valence-corrected chi connectivity index (χ4v) is 3.26. The standard InChI is InChI=1S/C25H23N5O/c1-3-25(31)26-21-11-9-20(10-12-21)22-15-19(14-18-7-5-4-6-8-18)16-23(27-22)28-24-13-17(2)29-30-24/h3-13,15-16H,1,14H2,2H3,(H,26,31)(H2,27,28,29,30). The summed E-state index contributed by atoms with van der Waals surface area (Å²) in [6.45, 7) is 5.43. The molecule has 2 aromatic carbocycles. The monoisotopic (exact) mass is 409 g/mol. The molecule has 0 aliphatic carbocycles. The van der Waals surface area contributed by atoms with Crippen LogP contribution in [0.15, 0.2) is 85.5 Å². The van der Waals surface area contributed by atoms with Gasteiger partial charge in [-0.3, -0.25) is 9.89 Å². The summed E-state index contributed by atoms with van der Waals surface area (Å²) in [5.74, 6) is 1.20. The van der Waals surface area contributed by atoms with Crippen LogP contribution in [-0.4, -0.2) is 21.1 Å². The van der Waals surface area contributed by atoms with Crippen LogP contribution in [0.3, 0.4) is 0 Å². The lowest BCUT2D eigenvalue weighted by atomic mass is 10.0.